The fraction of sp³-hybridized carbons (Fsp3) is 0.647. The molecule has 8 heteroatoms. The fourth-order valence-corrected chi connectivity index (χ4v) is 4.64. The van der Waals surface area contributed by atoms with E-state index >= 15 is 0 Å². The van der Waals surface area contributed by atoms with E-state index in [1.54, 1.807) is 13.3 Å². The van der Waals surface area contributed by atoms with E-state index in [1.165, 1.54) is 19.3 Å². The van der Waals surface area contributed by atoms with Crippen LogP contribution in [0.4, 0.5) is 5.82 Å². The maximum absolute atomic E-state index is 10.3. The Kier molecular flexibility index (Phi) is 4.87. The van der Waals surface area contributed by atoms with Gasteiger partial charge >= 0.3 is 0 Å². The first-order chi connectivity index (χ1) is 12.1. The summed E-state index contributed by atoms with van der Waals surface area (Å²) in [5.74, 6) is 0.834. The van der Waals surface area contributed by atoms with Crippen LogP contribution in [0, 0.1) is 3.57 Å². The lowest BCUT2D eigenvalue weighted by atomic mass is 9.95. The minimum atomic E-state index is -0.980. The number of hydrogen-bond donors (Lipinski definition) is 3. The second-order valence-electron chi connectivity index (χ2n) is 7.00. The molecule has 0 radical (unpaired) electrons. The first kappa shape index (κ1) is 17.4. The van der Waals surface area contributed by atoms with Gasteiger partial charge in [-0.15, -0.1) is 0 Å². The van der Waals surface area contributed by atoms with Gasteiger partial charge in [0.1, 0.15) is 30.0 Å². The molecule has 1 aliphatic heterocycles. The predicted molar refractivity (Wildman–Crippen MR) is 102 cm³/mol. The zero-order valence-electron chi connectivity index (χ0n) is 14.1. The van der Waals surface area contributed by atoms with Crippen LogP contribution in [0.5, 0.6) is 0 Å². The molecular weight excluding hydrogens is 435 g/mol. The zero-order valence-corrected chi connectivity index (χ0v) is 16.3. The van der Waals surface area contributed by atoms with Crippen LogP contribution in [-0.4, -0.2) is 49.1 Å². The molecule has 2 fully saturated rings. The molecule has 2 aliphatic rings. The van der Waals surface area contributed by atoms with Crippen molar-refractivity contribution in [3.63, 3.8) is 0 Å². The van der Waals surface area contributed by atoms with Gasteiger partial charge in [0.05, 0.1) is 11.5 Å². The topological polar surface area (TPSA) is 92.4 Å². The van der Waals surface area contributed by atoms with E-state index in [2.05, 4.69) is 37.9 Å². The third-order valence-electron chi connectivity index (χ3n) is 5.26. The highest BCUT2D eigenvalue weighted by molar-refractivity contribution is 14.1. The molecule has 0 amide bonds. The monoisotopic (exact) mass is 458 g/mol. The molecule has 7 nitrogen and oxygen atoms in total. The van der Waals surface area contributed by atoms with Crippen LogP contribution in [0.25, 0.3) is 11.0 Å². The highest BCUT2D eigenvalue weighted by Gasteiger charge is 2.42. The molecule has 4 atom stereocenters. The fourth-order valence-electron chi connectivity index (χ4n) is 3.84. The number of ether oxygens (including phenoxy) is 1. The summed E-state index contributed by atoms with van der Waals surface area (Å²) in [5, 5.41) is 24.9. The Hall–Kier alpha value is -0.970. The molecule has 136 valence electrons. The summed E-state index contributed by atoms with van der Waals surface area (Å²) >= 11 is 2.26. The minimum absolute atomic E-state index is 0.420. The Morgan fingerprint density at radius 2 is 1.96 bits per heavy atom. The molecule has 1 saturated carbocycles. The molecule has 1 saturated heterocycles. The smallest absolute Gasteiger partial charge is 0.164 e. The second kappa shape index (κ2) is 6.98. The van der Waals surface area contributed by atoms with Crippen LogP contribution in [0.15, 0.2) is 12.5 Å². The van der Waals surface area contributed by atoms with Gasteiger partial charge in [0, 0.05) is 15.8 Å². The third kappa shape index (κ3) is 3.13. The standard InChI is InChI=1S/C17H23IN4O3/c1-9-13(23)14(24)17(25-9)22-7-11(18)12-15(19-8-20-16(12)22)21-10-5-3-2-4-6-10/h7-10,13-14,17,23-24H,2-6H2,1H3,(H,19,20,21)/t9-,13-,14-,17-/m1/s1. The van der Waals surface area contributed by atoms with Gasteiger partial charge < -0.3 is 24.8 Å². The molecular formula is C17H23IN4O3. The molecule has 2 aromatic heterocycles. The van der Waals surface area contributed by atoms with Crippen molar-refractivity contribution in [2.75, 3.05) is 5.32 Å². The Morgan fingerprint density at radius 1 is 1.20 bits per heavy atom. The summed E-state index contributed by atoms with van der Waals surface area (Å²) in [4.78, 5) is 8.88. The number of fused-ring (bicyclic) bond motifs is 1. The van der Waals surface area contributed by atoms with Crippen LogP contribution in [-0.2, 0) is 4.74 Å². The van der Waals surface area contributed by atoms with Gasteiger partial charge in [-0.2, -0.15) is 0 Å². The molecule has 0 spiro atoms. The molecule has 4 rings (SSSR count). The number of anilines is 1. The zero-order chi connectivity index (χ0) is 17.6. The van der Waals surface area contributed by atoms with E-state index in [9.17, 15) is 10.2 Å². The number of halogens is 1. The molecule has 1 aliphatic carbocycles. The molecule has 0 aromatic carbocycles. The Bertz CT molecular complexity index is 762. The van der Waals surface area contributed by atoms with Crippen LogP contribution >= 0.6 is 22.6 Å². The van der Waals surface area contributed by atoms with Crippen molar-refractivity contribution >= 4 is 39.4 Å². The van der Waals surface area contributed by atoms with Gasteiger partial charge in [0.25, 0.3) is 0 Å². The van der Waals surface area contributed by atoms with Gasteiger partial charge in [-0.3, -0.25) is 0 Å². The number of rotatable bonds is 3. The Labute approximate surface area is 159 Å². The van der Waals surface area contributed by atoms with E-state index in [1.807, 2.05) is 10.8 Å². The quantitative estimate of drug-likeness (QED) is 0.612. The van der Waals surface area contributed by atoms with Crippen molar-refractivity contribution in [3.05, 3.63) is 16.1 Å². The van der Waals surface area contributed by atoms with Gasteiger partial charge in [-0.25, -0.2) is 9.97 Å². The van der Waals surface area contributed by atoms with E-state index in [0.29, 0.717) is 11.7 Å². The predicted octanol–water partition coefficient (Wildman–Crippen LogP) is 2.42. The van der Waals surface area contributed by atoms with E-state index in [-0.39, 0.29) is 0 Å². The first-order valence-electron chi connectivity index (χ1n) is 8.85. The maximum atomic E-state index is 10.3. The van der Waals surface area contributed by atoms with Crippen molar-refractivity contribution in [3.8, 4) is 0 Å². The van der Waals surface area contributed by atoms with E-state index in [4.69, 9.17) is 4.74 Å². The van der Waals surface area contributed by atoms with Crippen molar-refractivity contribution < 1.29 is 14.9 Å². The van der Waals surface area contributed by atoms with Crippen LogP contribution < -0.4 is 5.32 Å². The summed E-state index contributed by atoms with van der Waals surface area (Å²) in [6, 6.07) is 0.446. The SMILES string of the molecule is C[C@H]1O[C@@H](n2cc(I)c3c(NC4CCCCC4)ncnc32)[C@H](O)[C@@H]1O. The van der Waals surface area contributed by atoms with Crippen molar-refractivity contribution in [1.29, 1.82) is 0 Å². The number of aromatic nitrogens is 3. The van der Waals surface area contributed by atoms with Gasteiger partial charge in [0.15, 0.2) is 6.23 Å². The highest BCUT2D eigenvalue weighted by atomic mass is 127. The number of nitrogens with one attached hydrogen (secondary N) is 1. The van der Waals surface area contributed by atoms with Crippen molar-refractivity contribution in [1.82, 2.24) is 14.5 Å². The normalized spacial score (nSPS) is 30.9. The number of aliphatic hydroxyl groups is 2. The van der Waals surface area contributed by atoms with Crippen molar-refractivity contribution in [2.24, 2.45) is 0 Å². The maximum Gasteiger partial charge on any atom is 0.164 e. The average Bonchev–Trinajstić information content (AvgIpc) is 3.08. The van der Waals surface area contributed by atoms with Crippen molar-refractivity contribution in [2.45, 2.75) is 69.6 Å². The summed E-state index contributed by atoms with van der Waals surface area (Å²) in [6.45, 7) is 1.76. The Morgan fingerprint density at radius 3 is 2.64 bits per heavy atom. The van der Waals surface area contributed by atoms with Gasteiger partial charge in [-0.05, 0) is 42.4 Å². The first-order valence-corrected chi connectivity index (χ1v) is 9.93. The Balaban J connectivity index is 1.70. The van der Waals surface area contributed by atoms with Gasteiger partial charge in [-0.1, -0.05) is 19.3 Å². The van der Waals surface area contributed by atoms with Gasteiger partial charge in [0.2, 0.25) is 0 Å². The largest absolute Gasteiger partial charge is 0.388 e. The molecule has 25 heavy (non-hydrogen) atoms. The minimum Gasteiger partial charge on any atom is -0.388 e. The highest BCUT2D eigenvalue weighted by Crippen LogP contribution is 2.36. The van der Waals surface area contributed by atoms with Crippen LogP contribution in [0.3, 0.4) is 0 Å². The second-order valence-corrected chi connectivity index (χ2v) is 8.16. The van der Waals surface area contributed by atoms with Crippen LogP contribution in [0.1, 0.15) is 45.3 Å². The van der Waals surface area contributed by atoms with Crippen LogP contribution in [0.2, 0.25) is 0 Å². The number of hydrogen-bond acceptors (Lipinski definition) is 6. The summed E-state index contributed by atoms with van der Waals surface area (Å²) in [7, 11) is 0. The lowest BCUT2D eigenvalue weighted by molar-refractivity contribution is -0.0297. The molecule has 0 unspecified atom stereocenters. The average molecular weight is 458 g/mol. The van der Waals surface area contributed by atoms with E-state index in [0.717, 1.165) is 27.6 Å². The lowest BCUT2D eigenvalue weighted by Crippen LogP contribution is -2.30. The third-order valence-corrected chi connectivity index (χ3v) is 6.08. The number of aliphatic hydroxyl groups excluding tert-OH is 2. The molecule has 3 N–H and O–H groups in total. The lowest BCUT2D eigenvalue weighted by Gasteiger charge is -2.23. The van der Waals surface area contributed by atoms with E-state index < -0.39 is 24.5 Å². The summed E-state index contributed by atoms with van der Waals surface area (Å²) in [6.07, 6.45) is 6.64. The summed E-state index contributed by atoms with van der Waals surface area (Å²) < 4.78 is 8.57. The molecule has 2 aromatic rings. The molecule has 0 bridgehead atoms. The number of nitrogens with zero attached hydrogens (tertiary/aromatic N) is 3. The summed E-state index contributed by atoms with van der Waals surface area (Å²) in [5.41, 5.74) is 0.711. The molecule has 3 heterocycles.